The van der Waals surface area contributed by atoms with Gasteiger partial charge in [-0.3, -0.25) is 0 Å². The first-order valence-corrected chi connectivity index (χ1v) is 7.34. The zero-order chi connectivity index (χ0) is 17.9. The molecule has 0 fully saturated rings. The minimum Gasteiger partial charge on any atom is -0.494 e. The van der Waals surface area contributed by atoms with Crippen LogP contribution in [0.1, 0.15) is 18.2 Å². The smallest absolute Gasteiger partial charge is 0.316 e. The predicted molar refractivity (Wildman–Crippen MR) is 83.8 cm³/mol. The summed E-state index contributed by atoms with van der Waals surface area (Å²) in [6, 6.07) is 6.12. The number of alkyl halides is 2. The van der Waals surface area contributed by atoms with Gasteiger partial charge >= 0.3 is 6.01 Å². The highest BCUT2D eigenvalue weighted by molar-refractivity contribution is 5.36. The molecular formula is C16H15F2N5O2. The maximum absolute atomic E-state index is 13.4. The number of halogens is 2. The molecule has 3 aromatic rings. The first kappa shape index (κ1) is 16.7. The van der Waals surface area contributed by atoms with Crippen molar-refractivity contribution in [2.24, 2.45) is 0 Å². The van der Waals surface area contributed by atoms with Crippen molar-refractivity contribution in [2.75, 3.05) is 7.11 Å². The minimum absolute atomic E-state index is 0.0927. The molecule has 2 heterocycles. The molecule has 0 spiro atoms. The van der Waals surface area contributed by atoms with E-state index in [1.165, 1.54) is 36.3 Å². The van der Waals surface area contributed by atoms with E-state index in [0.717, 1.165) is 6.92 Å². The summed E-state index contributed by atoms with van der Waals surface area (Å²) in [4.78, 5) is 7.94. The van der Waals surface area contributed by atoms with E-state index in [0.29, 0.717) is 17.1 Å². The van der Waals surface area contributed by atoms with Gasteiger partial charge in [0, 0.05) is 12.5 Å². The van der Waals surface area contributed by atoms with Crippen molar-refractivity contribution in [1.82, 2.24) is 25.0 Å². The molecule has 0 amide bonds. The van der Waals surface area contributed by atoms with Gasteiger partial charge in [-0.1, -0.05) is 17.3 Å². The van der Waals surface area contributed by atoms with E-state index in [4.69, 9.17) is 9.47 Å². The van der Waals surface area contributed by atoms with Gasteiger partial charge in [0.1, 0.15) is 12.3 Å². The Labute approximate surface area is 142 Å². The average Bonchev–Trinajstić information content (AvgIpc) is 3.09. The molecule has 0 atom stereocenters. The summed E-state index contributed by atoms with van der Waals surface area (Å²) in [5, 5.41) is 7.88. The molecule has 0 N–H and O–H groups in total. The number of ether oxygens (including phenoxy) is 2. The number of hydrogen-bond acceptors (Lipinski definition) is 6. The molecule has 1 aromatic carbocycles. The van der Waals surface area contributed by atoms with E-state index in [9.17, 15) is 8.78 Å². The number of rotatable bonds is 6. The predicted octanol–water partition coefficient (Wildman–Crippen LogP) is 2.76. The highest BCUT2D eigenvalue weighted by atomic mass is 19.3. The molecule has 0 saturated heterocycles. The third-order valence-electron chi connectivity index (χ3n) is 3.35. The lowest BCUT2D eigenvalue weighted by Gasteiger charge is -2.11. The second-order valence-electron chi connectivity index (χ2n) is 5.29. The summed E-state index contributed by atoms with van der Waals surface area (Å²) in [6.45, 7) is 0.942. The normalized spacial score (nSPS) is 11.4. The van der Waals surface area contributed by atoms with Gasteiger partial charge in [0.15, 0.2) is 5.75 Å². The van der Waals surface area contributed by atoms with Crippen LogP contribution in [0.5, 0.6) is 11.8 Å². The van der Waals surface area contributed by atoms with E-state index >= 15 is 0 Å². The van der Waals surface area contributed by atoms with E-state index in [2.05, 4.69) is 20.3 Å². The molecule has 0 aliphatic rings. The van der Waals surface area contributed by atoms with Crippen LogP contribution >= 0.6 is 0 Å². The lowest BCUT2D eigenvalue weighted by molar-refractivity contribution is 0.0174. The Balaban J connectivity index is 1.70. The van der Waals surface area contributed by atoms with Crippen LogP contribution in [0.2, 0.25) is 0 Å². The molecule has 0 radical (unpaired) electrons. The van der Waals surface area contributed by atoms with Gasteiger partial charge in [-0.2, -0.15) is 9.97 Å². The summed E-state index contributed by atoms with van der Waals surface area (Å²) in [7, 11) is 1.51. The molecule has 0 bridgehead atoms. The van der Waals surface area contributed by atoms with Gasteiger partial charge < -0.3 is 9.47 Å². The van der Waals surface area contributed by atoms with Gasteiger partial charge in [0.2, 0.25) is 0 Å². The van der Waals surface area contributed by atoms with Gasteiger partial charge in [-0.25, -0.2) is 13.5 Å². The maximum Gasteiger partial charge on any atom is 0.316 e. The number of nitrogens with zero attached hydrogens (tertiary/aromatic N) is 5. The fourth-order valence-corrected chi connectivity index (χ4v) is 2.03. The molecule has 130 valence electrons. The minimum atomic E-state index is -2.92. The second-order valence-corrected chi connectivity index (χ2v) is 5.29. The zero-order valence-corrected chi connectivity index (χ0v) is 13.6. The zero-order valence-electron chi connectivity index (χ0n) is 13.6. The number of benzene rings is 1. The Bertz CT molecular complexity index is 846. The largest absolute Gasteiger partial charge is 0.494 e. The number of hydrogen-bond donors (Lipinski definition) is 0. The lowest BCUT2D eigenvalue weighted by atomic mass is 10.1. The van der Waals surface area contributed by atoms with Crippen LogP contribution in [0.25, 0.3) is 5.69 Å². The molecule has 3 rings (SSSR count). The lowest BCUT2D eigenvalue weighted by Crippen LogP contribution is -2.08. The Morgan fingerprint density at radius 2 is 1.96 bits per heavy atom. The molecule has 0 aliphatic carbocycles. The van der Waals surface area contributed by atoms with Crippen LogP contribution in [-0.2, 0) is 12.5 Å². The summed E-state index contributed by atoms with van der Waals surface area (Å²) < 4.78 is 38.6. The van der Waals surface area contributed by atoms with Gasteiger partial charge in [-0.05, 0) is 12.1 Å². The average molecular weight is 347 g/mol. The Hall–Kier alpha value is -3.10. The Kier molecular flexibility index (Phi) is 4.55. The van der Waals surface area contributed by atoms with Gasteiger partial charge in [0.25, 0.3) is 5.92 Å². The molecular weight excluding hydrogens is 332 g/mol. The highest BCUT2D eigenvalue weighted by Crippen LogP contribution is 2.28. The van der Waals surface area contributed by atoms with Crippen LogP contribution in [-0.4, -0.2) is 32.1 Å². The molecule has 7 nitrogen and oxygen atoms in total. The molecule has 9 heteroatoms. The van der Waals surface area contributed by atoms with Crippen LogP contribution in [0.15, 0.2) is 42.9 Å². The van der Waals surface area contributed by atoms with E-state index in [-0.39, 0.29) is 18.2 Å². The summed E-state index contributed by atoms with van der Waals surface area (Å²) in [5.41, 5.74) is 0.900. The third kappa shape index (κ3) is 4.06. The number of aromatic nitrogens is 5. The van der Waals surface area contributed by atoms with Crippen molar-refractivity contribution in [3.63, 3.8) is 0 Å². The first-order valence-electron chi connectivity index (χ1n) is 7.34. The Morgan fingerprint density at radius 3 is 2.64 bits per heavy atom. The van der Waals surface area contributed by atoms with Gasteiger partial charge in [0.05, 0.1) is 31.4 Å². The van der Waals surface area contributed by atoms with Crippen molar-refractivity contribution < 1.29 is 18.3 Å². The quantitative estimate of drug-likeness (QED) is 0.682. The van der Waals surface area contributed by atoms with Crippen LogP contribution in [0.3, 0.4) is 0 Å². The topological polar surface area (TPSA) is 75.0 Å². The van der Waals surface area contributed by atoms with Crippen molar-refractivity contribution in [3.05, 3.63) is 54.1 Å². The highest BCUT2D eigenvalue weighted by Gasteiger charge is 2.24. The first-order chi connectivity index (χ1) is 12.0. The van der Waals surface area contributed by atoms with Crippen molar-refractivity contribution in [1.29, 1.82) is 0 Å². The van der Waals surface area contributed by atoms with E-state index < -0.39 is 5.92 Å². The fourth-order valence-electron chi connectivity index (χ4n) is 2.03. The molecule has 0 unspecified atom stereocenters. The molecule has 0 aliphatic heterocycles. The summed E-state index contributed by atoms with van der Waals surface area (Å²) >= 11 is 0. The molecule has 2 aromatic heterocycles. The van der Waals surface area contributed by atoms with Crippen molar-refractivity contribution in [3.8, 4) is 17.4 Å². The summed E-state index contributed by atoms with van der Waals surface area (Å²) in [6.07, 6.45) is 4.56. The standard InChI is InChI=1S/C16H15F2N5O2/c1-16(17,18)11-4-3-5-13(6-11)23-9-12(21-22-23)10-25-15-19-7-14(24-2)8-20-15/h3-9H,10H2,1-2H3. The van der Waals surface area contributed by atoms with Crippen molar-refractivity contribution >= 4 is 0 Å². The van der Waals surface area contributed by atoms with Crippen LogP contribution < -0.4 is 9.47 Å². The SMILES string of the molecule is COc1cnc(OCc2cn(-c3cccc(C(C)(F)F)c3)nn2)nc1. The maximum atomic E-state index is 13.4. The summed E-state index contributed by atoms with van der Waals surface area (Å²) in [5.74, 6) is -2.40. The monoisotopic (exact) mass is 347 g/mol. The third-order valence-corrected chi connectivity index (χ3v) is 3.35. The Morgan fingerprint density at radius 1 is 1.20 bits per heavy atom. The van der Waals surface area contributed by atoms with Crippen molar-refractivity contribution in [2.45, 2.75) is 19.5 Å². The van der Waals surface area contributed by atoms with Crippen LogP contribution in [0.4, 0.5) is 8.78 Å². The second kappa shape index (κ2) is 6.80. The van der Waals surface area contributed by atoms with Crippen LogP contribution in [0, 0.1) is 0 Å². The number of methoxy groups -OCH3 is 1. The van der Waals surface area contributed by atoms with Gasteiger partial charge in [-0.15, -0.1) is 5.10 Å². The molecule has 25 heavy (non-hydrogen) atoms. The van der Waals surface area contributed by atoms with E-state index in [1.54, 1.807) is 18.3 Å². The van der Waals surface area contributed by atoms with E-state index in [1.807, 2.05) is 0 Å². The fraction of sp³-hybridized carbons (Fsp3) is 0.250. The molecule has 0 saturated carbocycles.